The summed E-state index contributed by atoms with van der Waals surface area (Å²) in [6, 6.07) is 15.9. The van der Waals surface area contributed by atoms with Crippen LogP contribution >= 0.6 is 0 Å². The molecule has 164 valence electrons. The largest absolute Gasteiger partial charge is 0.490 e. The predicted molar refractivity (Wildman–Crippen MR) is 122 cm³/mol. The third-order valence-corrected chi connectivity index (χ3v) is 5.12. The molecule has 0 unspecified atom stereocenters. The lowest BCUT2D eigenvalue weighted by Crippen LogP contribution is -2.27. The normalized spacial score (nSPS) is 10.7. The number of amides is 1. The minimum absolute atomic E-state index is 0.00483. The van der Waals surface area contributed by atoms with E-state index in [0.29, 0.717) is 26.2 Å². The van der Waals surface area contributed by atoms with Crippen molar-refractivity contribution in [2.75, 3.05) is 19.8 Å². The zero-order chi connectivity index (χ0) is 22.2. The number of hydrogen-bond donors (Lipinski definition) is 1. The van der Waals surface area contributed by atoms with Gasteiger partial charge in [-0.15, -0.1) is 0 Å². The van der Waals surface area contributed by atoms with Crippen molar-refractivity contribution in [1.82, 2.24) is 15.1 Å². The van der Waals surface area contributed by atoms with Crippen LogP contribution in [0.5, 0.6) is 11.5 Å². The van der Waals surface area contributed by atoms with Gasteiger partial charge in [0.05, 0.1) is 31.0 Å². The molecule has 1 aromatic heterocycles. The lowest BCUT2D eigenvalue weighted by molar-refractivity contribution is -0.120. The fraction of sp³-hybridized carbons (Fsp3) is 0.360. The molecule has 0 saturated carbocycles. The molecule has 1 heterocycles. The number of para-hydroxylation sites is 1. The fourth-order valence-corrected chi connectivity index (χ4v) is 3.57. The highest BCUT2D eigenvalue weighted by molar-refractivity contribution is 5.79. The summed E-state index contributed by atoms with van der Waals surface area (Å²) in [6.07, 6.45) is 1.04. The average molecular weight is 422 g/mol. The first-order valence-corrected chi connectivity index (χ1v) is 10.8. The van der Waals surface area contributed by atoms with Crippen molar-refractivity contribution in [1.29, 1.82) is 0 Å². The number of hydrogen-bond acceptors (Lipinski definition) is 4. The Hall–Kier alpha value is -3.28. The number of nitrogens with zero attached hydrogens (tertiary/aromatic N) is 2. The summed E-state index contributed by atoms with van der Waals surface area (Å²) in [4.78, 5) is 12.6. The second kappa shape index (κ2) is 10.7. The van der Waals surface area contributed by atoms with Gasteiger partial charge in [0.1, 0.15) is 0 Å². The number of benzene rings is 2. The molecule has 0 radical (unpaired) electrons. The monoisotopic (exact) mass is 421 g/mol. The third-order valence-electron chi connectivity index (χ3n) is 5.12. The first-order chi connectivity index (χ1) is 15.0. The van der Waals surface area contributed by atoms with E-state index in [2.05, 4.69) is 10.4 Å². The number of carbonyl (C=O) groups excluding carboxylic acids is 1. The van der Waals surface area contributed by atoms with Crippen LogP contribution in [0, 0.1) is 13.8 Å². The molecule has 6 nitrogen and oxygen atoms in total. The summed E-state index contributed by atoms with van der Waals surface area (Å²) in [7, 11) is 0. The second-order valence-corrected chi connectivity index (χ2v) is 7.32. The van der Waals surface area contributed by atoms with E-state index in [9.17, 15) is 4.79 Å². The molecule has 0 atom stereocenters. The Bertz CT molecular complexity index is 1010. The Morgan fingerprint density at radius 3 is 2.42 bits per heavy atom. The van der Waals surface area contributed by atoms with Gasteiger partial charge in [0, 0.05) is 17.8 Å². The molecular formula is C25H31N3O3. The molecule has 0 spiro atoms. The van der Waals surface area contributed by atoms with Crippen LogP contribution in [0.3, 0.4) is 0 Å². The lowest BCUT2D eigenvalue weighted by atomic mass is 10.1. The van der Waals surface area contributed by atoms with Crippen LogP contribution in [-0.2, 0) is 17.6 Å². The van der Waals surface area contributed by atoms with Gasteiger partial charge in [-0.25, -0.2) is 4.68 Å². The first kappa shape index (κ1) is 22.4. The van der Waals surface area contributed by atoms with Crippen molar-refractivity contribution in [2.24, 2.45) is 0 Å². The molecule has 2 aromatic carbocycles. The molecule has 0 bridgehead atoms. The predicted octanol–water partition coefficient (Wildman–Crippen LogP) is 4.19. The van der Waals surface area contributed by atoms with Gasteiger partial charge in [0.15, 0.2) is 11.5 Å². The van der Waals surface area contributed by atoms with Gasteiger partial charge in [-0.1, -0.05) is 24.3 Å². The van der Waals surface area contributed by atoms with Gasteiger partial charge in [-0.05, 0) is 63.9 Å². The summed E-state index contributed by atoms with van der Waals surface area (Å²) < 4.78 is 13.2. The summed E-state index contributed by atoms with van der Waals surface area (Å²) in [5.74, 6) is 1.49. The highest BCUT2D eigenvalue weighted by atomic mass is 16.5. The van der Waals surface area contributed by atoms with Crippen molar-refractivity contribution in [3.05, 3.63) is 71.0 Å². The van der Waals surface area contributed by atoms with Crippen LogP contribution in [0.4, 0.5) is 0 Å². The Morgan fingerprint density at radius 2 is 1.71 bits per heavy atom. The quantitative estimate of drug-likeness (QED) is 0.533. The van der Waals surface area contributed by atoms with Crippen LogP contribution in [0.1, 0.15) is 36.4 Å². The van der Waals surface area contributed by atoms with Crippen molar-refractivity contribution in [3.63, 3.8) is 0 Å². The van der Waals surface area contributed by atoms with Crippen LogP contribution < -0.4 is 14.8 Å². The number of aryl methyl sites for hydroxylation is 1. The number of ether oxygens (including phenoxy) is 2. The standard InChI is InChI=1S/C25H31N3O3/c1-5-30-23-13-12-20(16-24(23)31-6-2)14-15-26-25(29)17-22-18(3)27-28(19(22)4)21-10-8-7-9-11-21/h7-13,16H,5-6,14-15,17H2,1-4H3,(H,26,29). The molecular weight excluding hydrogens is 390 g/mol. The fourth-order valence-electron chi connectivity index (χ4n) is 3.57. The van der Waals surface area contributed by atoms with Crippen molar-refractivity contribution < 1.29 is 14.3 Å². The highest BCUT2D eigenvalue weighted by Gasteiger charge is 2.16. The molecule has 0 aliphatic carbocycles. The Morgan fingerprint density at radius 1 is 1.00 bits per heavy atom. The Kier molecular flexibility index (Phi) is 7.70. The van der Waals surface area contributed by atoms with E-state index in [1.807, 2.05) is 80.9 Å². The highest BCUT2D eigenvalue weighted by Crippen LogP contribution is 2.28. The smallest absolute Gasteiger partial charge is 0.224 e. The zero-order valence-electron chi connectivity index (χ0n) is 18.8. The Labute approximate surface area is 184 Å². The topological polar surface area (TPSA) is 65.4 Å². The first-order valence-electron chi connectivity index (χ1n) is 10.8. The number of aromatic nitrogens is 2. The summed E-state index contributed by atoms with van der Waals surface area (Å²) >= 11 is 0. The van der Waals surface area contributed by atoms with E-state index in [4.69, 9.17) is 9.47 Å². The molecule has 0 fully saturated rings. The molecule has 1 amide bonds. The average Bonchev–Trinajstić information content (AvgIpc) is 3.04. The van der Waals surface area contributed by atoms with Gasteiger partial charge in [-0.3, -0.25) is 4.79 Å². The van der Waals surface area contributed by atoms with Crippen LogP contribution in [0.25, 0.3) is 5.69 Å². The third kappa shape index (κ3) is 5.66. The van der Waals surface area contributed by atoms with Crippen LogP contribution in [-0.4, -0.2) is 35.4 Å². The number of rotatable bonds is 10. The van der Waals surface area contributed by atoms with Gasteiger partial charge < -0.3 is 14.8 Å². The zero-order valence-corrected chi connectivity index (χ0v) is 18.8. The van der Waals surface area contributed by atoms with Gasteiger partial charge >= 0.3 is 0 Å². The minimum Gasteiger partial charge on any atom is -0.490 e. The van der Waals surface area contributed by atoms with E-state index >= 15 is 0 Å². The van der Waals surface area contributed by atoms with Gasteiger partial charge in [0.25, 0.3) is 0 Å². The van der Waals surface area contributed by atoms with E-state index in [1.54, 1.807) is 0 Å². The van der Waals surface area contributed by atoms with E-state index in [-0.39, 0.29) is 5.91 Å². The molecule has 1 N–H and O–H groups in total. The maximum atomic E-state index is 12.6. The minimum atomic E-state index is -0.00483. The Balaban J connectivity index is 1.59. The molecule has 0 saturated heterocycles. The molecule has 3 aromatic rings. The molecule has 3 rings (SSSR count). The maximum Gasteiger partial charge on any atom is 0.224 e. The summed E-state index contributed by atoms with van der Waals surface area (Å²) in [5.41, 5.74) is 4.93. The van der Waals surface area contributed by atoms with E-state index < -0.39 is 0 Å². The molecule has 6 heteroatoms. The summed E-state index contributed by atoms with van der Waals surface area (Å²) in [5, 5.41) is 7.65. The number of carbonyl (C=O) groups is 1. The van der Waals surface area contributed by atoms with Crippen molar-refractivity contribution in [2.45, 2.75) is 40.5 Å². The molecule has 0 aliphatic heterocycles. The van der Waals surface area contributed by atoms with Crippen LogP contribution in [0.2, 0.25) is 0 Å². The van der Waals surface area contributed by atoms with Crippen molar-refractivity contribution in [3.8, 4) is 17.2 Å². The van der Waals surface area contributed by atoms with Crippen molar-refractivity contribution >= 4 is 5.91 Å². The van der Waals surface area contributed by atoms with E-state index in [1.165, 1.54) is 0 Å². The van der Waals surface area contributed by atoms with Crippen LogP contribution in [0.15, 0.2) is 48.5 Å². The summed E-state index contributed by atoms with van der Waals surface area (Å²) in [6.45, 7) is 9.59. The molecule has 0 aliphatic rings. The van der Waals surface area contributed by atoms with Gasteiger partial charge in [0.2, 0.25) is 5.91 Å². The second-order valence-electron chi connectivity index (χ2n) is 7.32. The molecule has 31 heavy (non-hydrogen) atoms. The van der Waals surface area contributed by atoms with E-state index in [0.717, 1.165) is 46.1 Å². The SMILES string of the molecule is CCOc1ccc(CCNC(=O)Cc2c(C)nn(-c3ccccc3)c2C)cc1OCC. The number of nitrogens with one attached hydrogen (secondary N) is 1. The van der Waals surface area contributed by atoms with Gasteiger partial charge in [-0.2, -0.15) is 5.10 Å². The maximum absolute atomic E-state index is 12.6. The lowest BCUT2D eigenvalue weighted by Gasteiger charge is -2.12.